The SMILES string of the molecule is CC1(C)CN(C(=O)c2ccccc2)C[C@@H]2CN(C(=O)c3ccccc3F)CCN21. The summed E-state index contributed by atoms with van der Waals surface area (Å²) < 4.78 is 14.1. The lowest BCUT2D eigenvalue weighted by atomic mass is 9.92. The molecular formula is C23H26FN3O2. The standard InChI is InChI=1S/C23H26FN3O2/c1-23(2)16-26(21(28)17-8-4-3-5-9-17)15-18-14-25(12-13-27(18)23)22(29)19-10-6-7-11-20(19)24/h3-11,18H,12-16H2,1-2H3/t18-/m0/s1. The minimum atomic E-state index is -0.496. The van der Waals surface area contributed by atoms with Gasteiger partial charge in [-0.1, -0.05) is 30.3 Å². The minimum Gasteiger partial charge on any atom is -0.336 e. The third-order valence-corrected chi connectivity index (χ3v) is 5.97. The molecule has 2 aromatic rings. The van der Waals surface area contributed by atoms with E-state index in [1.807, 2.05) is 35.2 Å². The van der Waals surface area contributed by atoms with E-state index in [9.17, 15) is 14.0 Å². The van der Waals surface area contributed by atoms with Crippen LogP contribution < -0.4 is 0 Å². The van der Waals surface area contributed by atoms with Gasteiger partial charge in [-0.3, -0.25) is 14.5 Å². The summed E-state index contributed by atoms with van der Waals surface area (Å²) in [6.07, 6.45) is 0. The molecule has 2 aliphatic heterocycles. The van der Waals surface area contributed by atoms with Gasteiger partial charge in [-0.25, -0.2) is 4.39 Å². The summed E-state index contributed by atoms with van der Waals surface area (Å²) in [6.45, 7) is 7.22. The van der Waals surface area contributed by atoms with Crippen molar-refractivity contribution < 1.29 is 14.0 Å². The van der Waals surface area contributed by atoms with E-state index in [2.05, 4.69) is 18.7 Å². The highest BCUT2D eigenvalue weighted by atomic mass is 19.1. The van der Waals surface area contributed by atoms with Crippen molar-refractivity contribution in [2.45, 2.75) is 25.4 Å². The van der Waals surface area contributed by atoms with Gasteiger partial charge in [0.05, 0.1) is 5.56 Å². The second-order valence-electron chi connectivity index (χ2n) is 8.44. The van der Waals surface area contributed by atoms with Crippen molar-refractivity contribution in [1.82, 2.24) is 14.7 Å². The van der Waals surface area contributed by atoms with Gasteiger partial charge in [0.15, 0.2) is 0 Å². The van der Waals surface area contributed by atoms with Crippen molar-refractivity contribution in [3.63, 3.8) is 0 Å². The maximum atomic E-state index is 14.1. The number of amides is 2. The number of carbonyl (C=O) groups excluding carboxylic acids is 2. The van der Waals surface area contributed by atoms with Crippen LogP contribution >= 0.6 is 0 Å². The topological polar surface area (TPSA) is 43.9 Å². The Morgan fingerprint density at radius 1 is 0.897 bits per heavy atom. The van der Waals surface area contributed by atoms with Crippen LogP contribution in [-0.2, 0) is 0 Å². The lowest BCUT2D eigenvalue weighted by Crippen LogP contribution is -2.70. The third kappa shape index (κ3) is 3.77. The molecule has 2 heterocycles. The monoisotopic (exact) mass is 395 g/mol. The normalized spacial score (nSPS) is 21.6. The molecule has 0 aromatic heterocycles. The maximum absolute atomic E-state index is 14.1. The summed E-state index contributed by atoms with van der Waals surface area (Å²) in [6, 6.07) is 15.4. The summed E-state index contributed by atoms with van der Waals surface area (Å²) in [5.41, 5.74) is 0.584. The number of rotatable bonds is 2. The van der Waals surface area contributed by atoms with Crippen molar-refractivity contribution >= 4 is 11.8 Å². The molecule has 2 aromatic carbocycles. The summed E-state index contributed by atoms with van der Waals surface area (Å²) in [5.74, 6) is -0.771. The fourth-order valence-electron chi connectivity index (χ4n) is 4.59. The molecule has 152 valence electrons. The summed E-state index contributed by atoms with van der Waals surface area (Å²) >= 11 is 0. The smallest absolute Gasteiger partial charge is 0.256 e. The predicted molar refractivity (Wildman–Crippen MR) is 109 cm³/mol. The van der Waals surface area contributed by atoms with Gasteiger partial charge in [-0.15, -0.1) is 0 Å². The first-order valence-corrected chi connectivity index (χ1v) is 10.0. The molecule has 0 bridgehead atoms. The molecule has 29 heavy (non-hydrogen) atoms. The van der Waals surface area contributed by atoms with Crippen LogP contribution in [0.1, 0.15) is 34.6 Å². The van der Waals surface area contributed by atoms with Gasteiger partial charge in [-0.05, 0) is 38.1 Å². The number of halogens is 1. The molecule has 2 amide bonds. The van der Waals surface area contributed by atoms with Crippen molar-refractivity contribution in [2.75, 3.05) is 32.7 Å². The average molecular weight is 395 g/mol. The zero-order chi connectivity index (χ0) is 20.6. The fraction of sp³-hybridized carbons (Fsp3) is 0.391. The van der Waals surface area contributed by atoms with Gasteiger partial charge >= 0.3 is 0 Å². The van der Waals surface area contributed by atoms with Crippen molar-refractivity contribution in [3.8, 4) is 0 Å². The van der Waals surface area contributed by atoms with E-state index in [4.69, 9.17) is 0 Å². The highest BCUT2D eigenvalue weighted by Crippen LogP contribution is 2.29. The first-order chi connectivity index (χ1) is 13.9. The van der Waals surface area contributed by atoms with E-state index >= 15 is 0 Å². The molecule has 4 rings (SSSR count). The van der Waals surface area contributed by atoms with Gasteiger partial charge in [0.25, 0.3) is 11.8 Å². The van der Waals surface area contributed by atoms with E-state index in [0.29, 0.717) is 38.3 Å². The fourth-order valence-corrected chi connectivity index (χ4v) is 4.59. The Kier molecular flexibility index (Phi) is 5.13. The predicted octanol–water partition coefficient (Wildman–Crippen LogP) is 2.89. The zero-order valence-corrected chi connectivity index (χ0v) is 16.8. The number of piperazine rings is 2. The number of carbonyl (C=O) groups is 2. The molecule has 2 fully saturated rings. The van der Waals surface area contributed by atoms with Crippen molar-refractivity contribution in [2.24, 2.45) is 0 Å². The van der Waals surface area contributed by atoms with Crippen LogP contribution in [0, 0.1) is 5.82 Å². The Morgan fingerprint density at radius 2 is 1.55 bits per heavy atom. The largest absolute Gasteiger partial charge is 0.336 e. The Hall–Kier alpha value is -2.73. The Morgan fingerprint density at radius 3 is 2.28 bits per heavy atom. The first kappa shape index (κ1) is 19.6. The van der Waals surface area contributed by atoms with E-state index < -0.39 is 5.82 Å². The van der Waals surface area contributed by atoms with Gasteiger partial charge < -0.3 is 9.80 Å². The number of benzene rings is 2. The Labute approximate surface area is 170 Å². The number of nitrogens with zero attached hydrogens (tertiary/aromatic N) is 3. The highest BCUT2D eigenvalue weighted by Gasteiger charge is 2.44. The average Bonchev–Trinajstić information content (AvgIpc) is 2.72. The highest BCUT2D eigenvalue weighted by molar-refractivity contribution is 5.95. The summed E-state index contributed by atoms with van der Waals surface area (Å²) in [5, 5.41) is 0. The molecule has 0 radical (unpaired) electrons. The third-order valence-electron chi connectivity index (χ3n) is 5.97. The molecule has 0 unspecified atom stereocenters. The van der Waals surface area contributed by atoms with Gasteiger partial charge in [-0.2, -0.15) is 0 Å². The van der Waals surface area contributed by atoms with Crippen LogP contribution in [0.5, 0.6) is 0 Å². The molecular weight excluding hydrogens is 369 g/mol. The van der Waals surface area contributed by atoms with E-state index in [1.54, 1.807) is 17.0 Å². The Bertz CT molecular complexity index is 915. The lowest BCUT2D eigenvalue weighted by molar-refractivity contribution is -0.0507. The summed E-state index contributed by atoms with van der Waals surface area (Å²) in [4.78, 5) is 31.9. The van der Waals surface area contributed by atoms with Crippen LogP contribution in [-0.4, -0.2) is 70.8 Å². The molecule has 5 nitrogen and oxygen atoms in total. The van der Waals surface area contributed by atoms with Crippen LogP contribution in [0.15, 0.2) is 54.6 Å². The number of fused-ring (bicyclic) bond motifs is 1. The van der Waals surface area contributed by atoms with Crippen LogP contribution in [0.25, 0.3) is 0 Å². The lowest BCUT2D eigenvalue weighted by Gasteiger charge is -2.55. The van der Waals surface area contributed by atoms with Crippen LogP contribution in [0.4, 0.5) is 4.39 Å². The number of hydrogen-bond donors (Lipinski definition) is 0. The molecule has 0 aliphatic carbocycles. The van der Waals surface area contributed by atoms with Crippen LogP contribution in [0.3, 0.4) is 0 Å². The quantitative estimate of drug-likeness (QED) is 0.785. The second kappa shape index (κ2) is 7.59. The molecule has 0 saturated carbocycles. The van der Waals surface area contributed by atoms with Crippen molar-refractivity contribution in [1.29, 1.82) is 0 Å². The van der Waals surface area contributed by atoms with Gasteiger partial charge in [0.1, 0.15) is 5.82 Å². The van der Waals surface area contributed by atoms with Crippen molar-refractivity contribution in [3.05, 3.63) is 71.5 Å². The first-order valence-electron chi connectivity index (χ1n) is 10.0. The van der Waals surface area contributed by atoms with E-state index in [1.165, 1.54) is 12.1 Å². The number of hydrogen-bond acceptors (Lipinski definition) is 3. The minimum absolute atomic E-state index is 0.0101. The molecule has 2 saturated heterocycles. The van der Waals surface area contributed by atoms with E-state index in [0.717, 1.165) is 0 Å². The van der Waals surface area contributed by atoms with Gasteiger partial charge in [0.2, 0.25) is 0 Å². The van der Waals surface area contributed by atoms with Crippen LogP contribution in [0.2, 0.25) is 0 Å². The zero-order valence-electron chi connectivity index (χ0n) is 16.8. The summed E-state index contributed by atoms with van der Waals surface area (Å²) in [7, 11) is 0. The molecule has 1 atom stereocenters. The molecule has 2 aliphatic rings. The Balaban J connectivity index is 1.53. The van der Waals surface area contributed by atoms with E-state index in [-0.39, 0.29) is 29.0 Å². The molecule has 0 N–H and O–H groups in total. The second-order valence-corrected chi connectivity index (χ2v) is 8.44. The van der Waals surface area contributed by atoms with Gasteiger partial charge in [0, 0.05) is 49.9 Å². The maximum Gasteiger partial charge on any atom is 0.256 e. The molecule has 0 spiro atoms. The molecule has 6 heteroatoms.